The van der Waals surface area contributed by atoms with Crippen LogP contribution in [0.1, 0.15) is 26.7 Å². The molecule has 1 heterocycles. The Bertz CT molecular complexity index is 356. The van der Waals surface area contributed by atoms with Crippen LogP contribution in [0.15, 0.2) is 5.38 Å². The van der Waals surface area contributed by atoms with Crippen molar-refractivity contribution >= 4 is 34.0 Å². The number of hydrogen-bond donors (Lipinski definition) is 2. The second-order valence-corrected chi connectivity index (χ2v) is 4.73. The van der Waals surface area contributed by atoms with Crippen molar-refractivity contribution in [3.63, 3.8) is 0 Å². The Hall–Kier alpha value is -0.810. The summed E-state index contributed by atoms with van der Waals surface area (Å²) in [4.78, 5) is 15.1. The number of aliphatic carboxylic acids is 1. The molecule has 0 saturated heterocycles. The number of halogens is 1. The lowest BCUT2D eigenvalue weighted by Crippen LogP contribution is -2.43. The zero-order chi connectivity index (χ0) is 11.5. The van der Waals surface area contributed by atoms with Gasteiger partial charge in [-0.2, -0.15) is 0 Å². The second kappa shape index (κ2) is 4.81. The smallest absolute Gasteiger partial charge is 0.329 e. The fraction of sp³-hybridized carbons (Fsp3) is 0.556. The molecule has 15 heavy (non-hydrogen) atoms. The number of carboxylic acids is 1. The fourth-order valence-electron chi connectivity index (χ4n) is 1.27. The van der Waals surface area contributed by atoms with Crippen LogP contribution in [-0.2, 0) is 4.79 Å². The van der Waals surface area contributed by atoms with Crippen molar-refractivity contribution in [3.05, 3.63) is 10.5 Å². The fourth-order valence-corrected chi connectivity index (χ4v) is 2.24. The summed E-state index contributed by atoms with van der Waals surface area (Å²) >= 11 is 6.96. The molecule has 1 aromatic heterocycles. The Morgan fingerprint density at radius 3 is 2.87 bits per heavy atom. The molecule has 1 rings (SSSR count). The molecule has 1 aromatic rings. The molecule has 6 heteroatoms. The monoisotopic (exact) mass is 248 g/mol. The number of aromatic nitrogens is 1. The van der Waals surface area contributed by atoms with E-state index in [1.165, 1.54) is 11.3 Å². The van der Waals surface area contributed by atoms with Crippen LogP contribution in [0.4, 0.5) is 5.13 Å². The van der Waals surface area contributed by atoms with Gasteiger partial charge in [-0.15, -0.1) is 11.3 Å². The van der Waals surface area contributed by atoms with E-state index < -0.39 is 11.5 Å². The van der Waals surface area contributed by atoms with Gasteiger partial charge in [0.2, 0.25) is 0 Å². The van der Waals surface area contributed by atoms with Gasteiger partial charge < -0.3 is 10.4 Å². The maximum atomic E-state index is 11.1. The van der Waals surface area contributed by atoms with Gasteiger partial charge in [-0.3, -0.25) is 0 Å². The minimum Gasteiger partial charge on any atom is -0.480 e. The average molecular weight is 249 g/mol. The molecule has 0 spiro atoms. The summed E-state index contributed by atoms with van der Waals surface area (Å²) in [5.41, 5.74) is -0.976. The van der Waals surface area contributed by atoms with E-state index in [-0.39, 0.29) is 0 Å². The first kappa shape index (κ1) is 12.3. The third kappa shape index (κ3) is 3.07. The maximum absolute atomic E-state index is 11.1. The van der Waals surface area contributed by atoms with E-state index in [2.05, 4.69) is 10.3 Å². The Kier molecular flexibility index (Phi) is 3.93. The summed E-state index contributed by atoms with van der Waals surface area (Å²) in [5.74, 6) is -0.879. The molecule has 0 fully saturated rings. The van der Waals surface area contributed by atoms with Crippen LogP contribution in [0.3, 0.4) is 0 Å². The number of anilines is 1. The van der Waals surface area contributed by atoms with Crippen molar-refractivity contribution < 1.29 is 9.90 Å². The van der Waals surface area contributed by atoms with E-state index in [0.29, 0.717) is 16.7 Å². The van der Waals surface area contributed by atoms with Crippen molar-refractivity contribution in [2.45, 2.75) is 32.2 Å². The zero-order valence-corrected chi connectivity index (χ0v) is 10.2. The molecule has 0 aromatic carbocycles. The van der Waals surface area contributed by atoms with E-state index in [0.717, 1.165) is 6.42 Å². The first-order chi connectivity index (χ1) is 6.98. The molecule has 2 N–H and O–H groups in total. The summed E-state index contributed by atoms with van der Waals surface area (Å²) in [7, 11) is 0. The molecule has 0 amide bonds. The van der Waals surface area contributed by atoms with Crippen molar-refractivity contribution in [1.82, 2.24) is 4.98 Å². The topological polar surface area (TPSA) is 62.2 Å². The Morgan fingerprint density at radius 2 is 2.47 bits per heavy atom. The lowest BCUT2D eigenvalue weighted by molar-refractivity contribution is -0.141. The molecule has 0 saturated carbocycles. The summed E-state index contributed by atoms with van der Waals surface area (Å²) in [6.07, 6.45) is 1.33. The molecule has 1 unspecified atom stereocenters. The molecular weight excluding hydrogens is 236 g/mol. The highest BCUT2D eigenvalue weighted by Gasteiger charge is 2.32. The number of hydrogen-bond acceptors (Lipinski definition) is 4. The van der Waals surface area contributed by atoms with Crippen LogP contribution in [0.25, 0.3) is 0 Å². The molecular formula is C9H13ClN2O2S. The largest absolute Gasteiger partial charge is 0.480 e. The average Bonchev–Trinajstić information content (AvgIpc) is 2.51. The van der Waals surface area contributed by atoms with Crippen molar-refractivity contribution in [2.75, 3.05) is 5.32 Å². The van der Waals surface area contributed by atoms with E-state index in [1.807, 2.05) is 6.92 Å². The van der Waals surface area contributed by atoms with E-state index in [9.17, 15) is 4.79 Å². The molecule has 0 bridgehead atoms. The summed E-state index contributed by atoms with van der Waals surface area (Å²) < 4.78 is 0. The second-order valence-electron chi connectivity index (χ2n) is 3.49. The van der Waals surface area contributed by atoms with Crippen molar-refractivity contribution in [2.24, 2.45) is 0 Å². The minimum absolute atomic E-state index is 0.381. The molecule has 0 radical (unpaired) electrons. The number of carbonyl (C=O) groups is 1. The number of rotatable bonds is 5. The minimum atomic E-state index is -0.976. The van der Waals surface area contributed by atoms with Gasteiger partial charge in [0.05, 0.1) is 0 Å². The van der Waals surface area contributed by atoms with E-state index in [1.54, 1.807) is 12.3 Å². The number of carboxylic acid groups (broad SMARTS) is 1. The van der Waals surface area contributed by atoms with Crippen molar-refractivity contribution in [3.8, 4) is 0 Å². The van der Waals surface area contributed by atoms with Crippen LogP contribution >= 0.6 is 22.9 Å². The molecule has 0 aliphatic carbocycles. The predicted octanol–water partition coefficient (Wildman–Crippen LogP) is 2.85. The van der Waals surface area contributed by atoms with E-state index in [4.69, 9.17) is 16.7 Å². The van der Waals surface area contributed by atoms with Gasteiger partial charge in [-0.25, -0.2) is 9.78 Å². The SMILES string of the molecule is CCCC(C)(Nc1nc(Cl)cs1)C(=O)O. The highest BCUT2D eigenvalue weighted by molar-refractivity contribution is 7.14. The number of nitrogens with zero attached hydrogens (tertiary/aromatic N) is 1. The first-order valence-electron chi connectivity index (χ1n) is 4.60. The normalized spacial score (nSPS) is 14.6. The molecule has 1 atom stereocenters. The van der Waals surface area contributed by atoms with Gasteiger partial charge in [-0.05, 0) is 13.3 Å². The maximum Gasteiger partial charge on any atom is 0.329 e. The first-order valence-corrected chi connectivity index (χ1v) is 5.86. The van der Waals surface area contributed by atoms with Crippen LogP contribution in [0.2, 0.25) is 5.15 Å². The lowest BCUT2D eigenvalue weighted by Gasteiger charge is -2.25. The van der Waals surface area contributed by atoms with Gasteiger partial charge >= 0.3 is 5.97 Å². The standard InChI is InChI=1S/C9H13ClN2O2S/c1-3-4-9(2,7(13)14)12-8-11-6(10)5-15-8/h5H,3-4H2,1-2H3,(H,11,12)(H,13,14). The molecule has 4 nitrogen and oxygen atoms in total. The number of nitrogens with one attached hydrogen (secondary N) is 1. The van der Waals surface area contributed by atoms with Gasteiger partial charge in [-0.1, -0.05) is 24.9 Å². The third-order valence-electron chi connectivity index (χ3n) is 2.08. The van der Waals surface area contributed by atoms with Gasteiger partial charge in [0.15, 0.2) is 5.13 Å². The van der Waals surface area contributed by atoms with Crippen LogP contribution < -0.4 is 5.32 Å². The summed E-state index contributed by atoms with van der Waals surface area (Å²) in [6, 6.07) is 0. The van der Waals surface area contributed by atoms with Crippen LogP contribution in [0.5, 0.6) is 0 Å². The Morgan fingerprint density at radius 1 is 1.80 bits per heavy atom. The highest BCUT2D eigenvalue weighted by atomic mass is 35.5. The van der Waals surface area contributed by atoms with Gasteiger partial charge in [0.1, 0.15) is 10.7 Å². The molecule has 0 aliphatic rings. The third-order valence-corrected chi connectivity index (χ3v) is 3.16. The Balaban J connectivity index is 2.79. The lowest BCUT2D eigenvalue weighted by atomic mass is 9.97. The summed E-state index contributed by atoms with van der Waals surface area (Å²) in [5, 5.41) is 14.6. The van der Waals surface area contributed by atoms with Gasteiger partial charge in [0, 0.05) is 5.38 Å². The molecule has 84 valence electrons. The summed E-state index contributed by atoms with van der Waals surface area (Å²) in [6.45, 7) is 3.59. The zero-order valence-electron chi connectivity index (χ0n) is 8.58. The highest BCUT2D eigenvalue weighted by Crippen LogP contribution is 2.25. The Labute approximate surface area is 97.3 Å². The van der Waals surface area contributed by atoms with Crippen molar-refractivity contribution in [1.29, 1.82) is 0 Å². The van der Waals surface area contributed by atoms with E-state index >= 15 is 0 Å². The van der Waals surface area contributed by atoms with Crippen LogP contribution in [0, 0.1) is 0 Å². The predicted molar refractivity (Wildman–Crippen MR) is 61.7 cm³/mol. The van der Waals surface area contributed by atoms with Gasteiger partial charge in [0.25, 0.3) is 0 Å². The quantitative estimate of drug-likeness (QED) is 0.841. The van der Waals surface area contributed by atoms with Crippen LogP contribution in [-0.4, -0.2) is 21.6 Å². The molecule has 0 aliphatic heterocycles. The number of thiazole rings is 1.